The first-order chi connectivity index (χ1) is 12.0. The Balaban J connectivity index is 1.50. The van der Waals surface area contributed by atoms with E-state index in [1.54, 1.807) is 0 Å². The van der Waals surface area contributed by atoms with Gasteiger partial charge in [-0.1, -0.05) is 6.42 Å². The van der Waals surface area contributed by atoms with Gasteiger partial charge in [-0.25, -0.2) is 9.59 Å². The number of fused-ring (bicyclic) bond motifs is 1. The smallest absolute Gasteiger partial charge is 0.336 e. The number of nitrogens with one attached hydrogen (secondary N) is 2. The summed E-state index contributed by atoms with van der Waals surface area (Å²) in [6.45, 7) is 0. The van der Waals surface area contributed by atoms with Crippen LogP contribution in [0.2, 0.25) is 0 Å². The number of carboxylic acids is 1. The molecule has 1 aromatic carbocycles. The molecule has 0 bridgehead atoms. The van der Waals surface area contributed by atoms with Gasteiger partial charge in [-0.2, -0.15) is 11.8 Å². The van der Waals surface area contributed by atoms with E-state index in [-0.39, 0.29) is 35.0 Å². The van der Waals surface area contributed by atoms with Crippen LogP contribution < -0.4 is 16.4 Å². The van der Waals surface area contributed by atoms with Gasteiger partial charge in [-0.15, -0.1) is 0 Å². The van der Waals surface area contributed by atoms with E-state index in [4.69, 9.17) is 5.73 Å². The maximum absolute atomic E-state index is 12.4. The summed E-state index contributed by atoms with van der Waals surface area (Å²) in [7, 11) is 0. The largest absolute Gasteiger partial charge is 0.478 e. The van der Waals surface area contributed by atoms with Crippen molar-refractivity contribution in [1.29, 1.82) is 0 Å². The summed E-state index contributed by atoms with van der Waals surface area (Å²) in [5.41, 5.74) is 6.23. The van der Waals surface area contributed by atoms with Crippen LogP contribution in [0.25, 0.3) is 0 Å². The summed E-state index contributed by atoms with van der Waals surface area (Å²) in [6, 6.07) is 4.56. The van der Waals surface area contributed by atoms with Crippen molar-refractivity contribution in [3.8, 4) is 0 Å². The van der Waals surface area contributed by atoms with Crippen molar-refractivity contribution in [2.45, 2.75) is 43.0 Å². The molecule has 3 atom stereocenters. The maximum atomic E-state index is 12.4. The van der Waals surface area contributed by atoms with E-state index in [0.717, 1.165) is 18.6 Å². The lowest BCUT2D eigenvalue weighted by atomic mass is 9.97. The Bertz CT molecular complexity index is 709. The molecule has 3 rings (SSSR count). The molecule has 0 radical (unpaired) electrons. The zero-order valence-corrected chi connectivity index (χ0v) is 14.5. The predicted octanol–water partition coefficient (Wildman–Crippen LogP) is 1.88. The molecule has 2 aliphatic rings. The predicted molar refractivity (Wildman–Crippen MR) is 96.1 cm³/mol. The van der Waals surface area contributed by atoms with Crippen LogP contribution in [0, 0.1) is 0 Å². The van der Waals surface area contributed by atoms with Crippen LogP contribution in [-0.4, -0.2) is 46.0 Å². The van der Waals surface area contributed by atoms with Gasteiger partial charge in [-0.05, 0) is 31.0 Å². The summed E-state index contributed by atoms with van der Waals surface area (Å²) in [5, 5.41) is 15.4. The number of unbranched alkanes of at least 4 members (excludes halogenated alkanes) is 1. The number of ketones is 1. The van der Waals surface area contributed by atoms with Gasteiger partial charge in [0.2, 0.25) is 0 Å². The van der Waals surface area contributed by atoms with Gasteiger partial charge in [-0.3, -0.25) is 4.79 Å². The van der Waals surface area contributed by atoms with Crippen molar-refractivity contribution in [2.75, 3.05) is 11.5 Å². The van der Waals surface area contributed by atoms with Crippen molar-refractivity contribution in [3.05, 3.63) is 29.3 Å². The van der Waals surface area contributed by atoms with Gasteiger partial charge < -0.3 is 21.5 Å². The van der Waals surface area contributed by atoms with E-state index in [1.165, 1.54) is 18.2 Å². The molecule has 2 amide bonds. The van der Waals surface area contributed by atoms with E-state index in [0.29, 0.717) is 23.8 Å². The number of carbonyl (C=O) groups is 3. The fraction of sp³-hybridized carbons (Fsp3) is 0.471. The Morgan fingerprint density at radius 2 is 2.04 bits per heavy atom. The average Bonchev–Trinajstić information content (AvgIpc) is 3.10. The fourth-order valence-electron chi connectivity index (χ4n) is 3.39. The highest BCUT2D eigenvalue weighted by Crippen LogP contribution is 2.33. The molecule has 0 spiro atoms. The Morgan fingerprint density at radius 3 is 2.80 bits per heavy atom. The molecule has 0 saturated carbocycles. The molecule has 1 aromatic rings. The number of thioether (sulfide) groups is 1. The highest BCUT2D eigenvalue weighted by atomic mass is 32.2. The molecule has 5 N–H and O–H groups in total. The number of nitrogens with two attached hydrogens (primary N) is 1. The van der Waals surface area contributed by atoms with Crippen molar-refractivity contribution < 1.29 is 19.5 Å². The number of urea groups is 1. The number of anilines is 1. The van der Waals surface area contributed by atoms with Crippen LogP contribution in [0.1, 0.15) is 46.4 Å². The first kappa shape index (κ1) is 17.6. The number of nitrogen functional groups attached to an aromatic ring is 1. The quantitative estimate of drug-likeness (QED) is 0.254. The molecule has 134 valence electrons. The molecule has 2 fully saturated rings. The normalized spacial score (nSPS) is 24.5. The number of aromatic carboxylic acids is 1. The third-order valence-electron chi connectivity index (χ3n) is 4.66. The molecule has 8 heteroatoms. The van der Waals surface area contributed by atoms with Crippen molar-refractivity contribution in [2.24, 2.45) is 0 Å². The zero-order chi connectivity index (χ0) is 18.0. The number of rotatable bonds is 7. The third kappa shape index (κ3) is 3.89. The second-order valence-corrected chi connectivity index (χ2v) is 7.67. The summed E-state index contributed by atoms with van der Waals surface area (Å²) >= 11 is 1.84. The molecule has 2 saturated heterocycles. The lowest BCUT2D eigenvalue weighted by Gasteiger charge is -2.16. The van der Waals surface area contributed by atoms with Crippen LogP contribution in [-0.2, 0) is 0 Å². The standard InChI is InChI=1S/C17H21N3O4S/c18-9-5-6-10(16(22)23)11(7-9)13(21)3-1-2-4-14-15-12(8-25-14)19-17(24)20-15/h5-7,12,14-15H,1-4,8,18H2,(H,22,23)(H2,19,20,24)/t12-,14-,15-/m0/s1. The van der Waals surface area contributed by atoms with E-state index < -0.39 is 5.97 Å². The summed E-state index contributed by atoms with van der Waals surface area (Å²) < 4.78 is 0. The second kappa shape index (κ2) is 7.35. The van der Waals surface area contributed by atoms with Gasteiger partial charge in [0, 0.05) is 28.7 Å². The first-order valence-electron chi connectivity index (χ1n) is 8.30. The zero-order valence-electron chi connectivity index (χ0n) is 13.7. The highest BCUT2D eigenvalue weighted by molar-refractivity contribution is 8.00. The minimum Gasteiger partial charge on any atom is -0.478 e. The molecule has 2 heterocycles. The molecule has 0 aliphatic carbocycles. The van der Waals surface area contributed by atoms with E-state index in [2.05, 4.69) is 10.6 Å². The molecule has 25 heavy (non-hydrogen) atoms. The van der Waals surface area contributed by atoms with E-state index in [1.807, 2.05) is 11.8 Å². The van der Waals surface area contributed by atoms with E-state index in [9.17, 15) is 19.5 Å². The van der Waals surface area contributed by atoms with Crippen molar-refractivity contribution in [3.63, 3.8) is 0 Å². The van der Waals surface area contributed by atoms with Crippen LogP contribution in [0.5, 0.6) is 0 Å². The molecule has 0 unspecified atom stereocenters. The van der Waals surface area contributed by atoms with Crippen LogP contribution in [0.3, 0.4) is 0 Å². The average molecular weight is 363 g/mol. The number of amides is 2. The highest BCUT2D eigenvalue weighted by Gasteiger charge is 2.42. The van der Waals surface area contributed by atoms with Crippen LogP contribution in [0.4, 0.5) is 10.5 Å². The molecule has 0 aromatic heterocycles. The molecular formula is C17H21N3O4S. The summed E-state index contributed by atoms with van der Waals surface area (Å²) in [4.78, 5) is 34.9. The number of carbonyl (C=O) groups excluding carboxylic acids is 2. The number of hydrogen-bond donors (Lipinski definition) is 4. The second-order valence-electron chi connectivity index (χ2n) is 6.40. The number of carboxylic acid groups (broad SMARTS) is 1. The van der Waals surface area contributed by atoms with Crippen LogP contribution in [0.15, 0.2) is 18.2 Å². The Kier molecular flexibility index (Phi) is 5.17. The summed E-state index contributed by atoms with van der Waals surface area (Å²) in [5.74, 6) is -0.406. The summed E-state index contributed by atoms with van der Waals surface area (Å²) in [6.07, 6.45) is 2.75. The SMILES string of the molecule is Nc1ccc(C(=O)O)c(C(=O)CCCC[C@@H]2SC[C@@H]3NC(=O)N[C@@H]32)c1. The lowest BCUT2D eigenvalue weighted by Crippen LogP contribution is -2.36. The Morgan fingerprint density at radius 1 is 1.24 bits per heavy atom. The monoisotopic (exact) mass is 363 g/mol. The van der Waals surface area contributed by atoms with Gasteiger partial charge in [0.1, 0.15) is 0 Å². The van der Waals surface area contributed by atoms with Crippen molar-refractivity contribution in [1.82, 2.24) is 10.6 Å². The minimum absolute atomic E-state index is 0.00636. The van der Waals surface area contributed by atoms with Gasteiger partial charge in [0.25, 0.3) is 0 Å². The number of hydrogen-bond acceptors (Lipinski definition) is 5. The van der Waals surface area contributed by atoms with Gasteiger partial charge in [0.05, 0.1) is 17.6 Å². The topological polar surface area (TPSA) is 122 Å². The number of benzene rings is 1. The Labute approximate surface area is 149 Å². The number of Topliss-reactive ketones (excluding diaryl/α,β-unsaturated/α-hetero) is 1. The molecular weight excluding hydrogens is 342 g/mol. The van der Waals surface area contributed by atoms with Crippen LogP contribution >= 0.6 is 11.8 Å². The van der Waals surface area contributed by atoms with E-state index >= 15 is 0 Å². The minimum atomic E-state index is -1.12. The maximum Gasteiger partial charge on any atom is 0.336 e. The Hall–Kier alpha value is -2.22. The molecule has 2 aliphatic heterocycles. The van der Waals surface area contributed by atoms with Gasteiger partial charge >= 0.3 is 12.0 Å². The van der Waals surface area contributed by atoms with Gasteiger partial charge in [0.15, 0.2) is 5.78 Å². The van der Waals surface area contributed by atoms with Crippen molar-refractivity contribution >= 4 is 35.2 Å². The lowest BCUT2D eigenvalue weighted by molar-refractivity contribution is 0.0691. The first-order valence-corrected chi connectivity index (χ1v) is 9.35. The molecule has 7 nitrogen and oxygen atoms in total. The third-order valence-corrected chi connectivity index (χ3v) is 6.16. The fourth-order valence-corrected chi connectivity index (χ4v) is 4.93.